The van der Waals surface area contributed by atoms with E-state index in [0.717, 1.165) is 0 Å². The maximum atomic E-state index is 12.8. The summed E-state index contributed by atoms with van der Waals surface area (Å²) in [5.41, 5.74) is 0.0419. The Hall–Kier alpha value is -3.13. The molecule has 0 fully saturated rings. The third-order valence-corrected chi connectivity index (χ3v) is 4.98. The zero-order valence-electron chi connectivity index (χ0n) is 13.1. The van der Waals surface area contributed by atoms with Crippen LogP contribution in [0.15, 0.2) is 59.6 Å². The Bertz CT molecular complexity index is 1060. The minimum absolute atomic E-state index is 0.0299. The van der Waals surface area contributed by atoms with Gasteiger partial charge in [-0.3, -0.25) is 9.71 Å². The highest BCUT2D eigenvalue weighted by molar-refractivity contribution is 7.93. The van der Waals surface area contributed by atoms with Crippen molar-refractivity contribution in [1.29, 1.82) is 0 Å². The molecule has 128 valence electrons. The lowest BCUT2D eigenvalue weighted by atomic mass is 10.2. The van der Waals surface area contributed by atoms with Crippen molar-refractivity contribution in [1.82, 2.24) is 4.98 Å². The highest BCUT2D eigenvalue weighted by Gasteiger charge is 2.21. The van der Waals surface area contributed by atoms with Gasteiger partial charge in [0.25, 0.3) is 10.0 Å². The number of fused-ring (bicyclic) bond motifs is 1. The minimum Gasteiger partial charge on any atom is -0.497 e. The first-order valence-corrected chi connectivity index (χ1v) is 8.68. The topological polar surface area (TPSA) is 106 Å². The number of pyridine rings is 1. The Balaban J connectivity index is 2.09. The summed E-state index contributed by atoms with van der Waals surface area (Å²) in [5, 5.41) is 9.99. The molecule has 0 atom stereocenters. The Labute approximate surface area is 143 Å². The summed E-state index contributed by atoms with van der Waals surface area (Å²) in [6.45, 7) is 0. The fourth-order valence-electron chi connectivity index (χ4n) is 2.41. The Morgan fingerprint density at radius 2 is 1.92 bits per heavy atom. The summed E-state index contributed by atoms with van der Waals surface area (Å²) in [6.07, 6.45) is 1.50. The number of nitrogens with one attached hydrogen (secondary N) is 1. The Kier molecular flexibility index (Phi) is 4.28. The van der Waals surface area contributed by atoms with E-state index in [1.807, 2.05) is 0 Å². The van der Waals surface area contributed by atoms with Crippen LogP contribution in [0.5, 0.6) is 5.75 Å². The van der Waals surface area contributed by atoms with Crippen LogP contribution in [0.25, 0.3) is 10.9 Å². The Morgan fingerprint density at radius 3 is 2.64 bits per heavy atom. The van der Waals surface area contributed by atoms with E-state index >= 15 is 0 Å². The average Bonchev–Trinajstić information content (AvgIpc) is 2.61. The number of hydrogen-bond acceptors (Lipinski definition) is 5. The molecule has 2 N–H and O–H groups in total. The molecule has 3 rings (SSSR count). The van der Waals surface area contributed by atoms with Crippen LogP contribution in [0.4, 0.5) is 5.69 Å². The molecule has 0 amide bonds. The molecule has 7 nitrogen and oxygen atoms in total. The summed E-state index contributed by atoms with van der Waals surface area (Å²) in [4.78, 5) is 15.5. The average molecular weight is 358 g/mol. The number of sulfonamides is 1. The van der Waals surface area contributed by atoms with Crippen molar-refractivity contribution >= 4 is 32.6 Å². The van der Waals surface area contributed by atoms with E-state index in [4.69, 9.17) is 4.74 Å². The number of nitrogens with zero attached hydrogens (tertiary/aromatic N) is 1. The molecule has 2 aromatic carbocycles. The monoisotopic (exact) mass is 358 g/mol. The van der Waals surface area contributed by atoms with E-state index in [9.17, 15) is 18.3 Å². The lowest BCUT2D eigenvalue weighted by Crippen LogP contribution is -2.16. The highest BCUT2D eigenvalue weighted by Crippen LogP contribution is 2.27. The van der Waals surface area contributed by atoms with Crippen molar-refractivity contribution in [2.45, 2.75) is 4.90 Å². The normalized spacial score (nSPS) is 11.2. The first kappa shape index (κ1) is 16.7. The number of aromatic carboxylic acids is 1. The molecule has 0 spiro atoms. The first-order valence-electron chi connectivity index (χ1n) is 7.20. The van der Waals surface area contributed by atoms with E-state index < -0.39 is 16.0 Å². The van der Waals surface area contributed by atoms with E-state index in [2.05, 4.69) is 9.71 Å². The lowest BCUT2D eigenvalue weighted by Gasteiger charge is -2.13. The van der Waals surface area contributed by atoms with Gasteiger partial charge in [-0.1, -0.05) is 18.2 Å². The third-order valence-electron chi connectivity index (χ3n) is 3.59. The SMILES string of the molecule is COc1ccc(NS(=O)(=O)c2cccc3cccnc23)c(C(=O)O)c1. The van der Waals surface area contributed by atoms with Crippen LogP contribution < -0.4 is 9.46 Å². The van der Waals surface area contributed by atoms with E-state index in [0.29, 0.717) is 16.7 Å². The predicted molar refractivity (Wildman–Crippen MR) is 92.5 cm³/mol. The number of hydrogen-bond donors (Lipinski definition) is 2. The number of aromatic nitrogens is 1. The summed E-state index contributed by atoms with van der Waals surface area (Å²) in [6, 6.07) is 12.3. The minimum atomic E-state index is -4.03. The number of carbonyl (C=O) groups is 1. The number of anilines is 1. The van der Waals surface area contributed by atoms with Gasteiger partial charge >= 0.3 is 5.97 Å². The zero-order valence-corrected chi connectivity index (χ0v) is 13.9. The van der Waals surface area contributed by atoms with Crippen LogP contribution in [0.2, 0.25) is 0 Å². The van der Waals surface area contributed by atoms with Gasteiger partial charge < -0.3 is 9.84 Å². The molecule has 0 saturated carbocycles. The molecule has 3 aromatic rings. The molecule has 1 heterocycles. The van der Waals surface area contributed by atoms with Gasteiger partial charge in [0.2, 0.25) is 0 Å². The fourth-order valence-corrected chi connectivity index (χ4v) is 3.67. The fraction of sp³-hybridized carbons (Fsp3) is 0.0588. The third kappa shape index (κ3) is 3.24. The van der Waals surface area contributed by atoms with Crippen LogP contribution in [0, 0.1) is 0 Å². The lowest BCUT2D eigenvalue weighted by molar-refractivity contribution is 0.0697. The van der Waals surface area contributed by atoms with Gasteiger partial charge in [0.1, 0.15) is 10.6 Å². The number of ether oxygens (including phenoxy) is 1. The summed E-state index contributed by atoms with van der Waals surface area (Å²) in [5.74, 6) is -0.958. The molecular formula is C17H14N2O5S. The van der Waals surface area contributed by atoms with Gasteiger partial charge in [0.05, 0.1) is 23.9 Å². The summed E-state index contributed by atoms with van der Waals surface area (Å²) < 4.78 is 32.8. The smallest absolute Gasteiger partial charge is 0.337 e. The molecule has 0 aliphatic carbocycles. The molecule has 0 unspecified atom stereocenters. The second kappa shape index (κ2) is 6.40. The zero-order chi connectivity index (χ0) is 18.0. The number of carboxylic acid groups (broad SMARTS) is 1. The van der Waals surface area contributed by atoms with Gasteiger partial charge in [0, 0.05) is 11.6 Å². The molecule has 0 aliphatic rings. The molecule has 8 heteroatoms. The molecular weight excluding hydrogens is 344 g/mol. The van der Waals surface area contributed by atoms with E-state index in [-0.39, 0.29) is 16.1 Å². The quantitative estimate of drug-likeness (QED) is 0.726. The molecule has 0 saturated heterocycles. The molecule has 0 aliphatic heterocycles. The van der Waals surface area contributed by atoms with Crippen molar-refractivity contribution in [3.8, 4) is 5.75 Å². The number of benzene rings is 2. The van der Waals surface area contributed by atoms with Gasteiger partial charge in [-0.25, -0.2) is 13.2 Å². The second-order valence-corrected chi connectivity index (χ2v) is 6.80. The molecule has 1 aromatic heterocycles. The van der Waals surface area contributed by atoms with Crippen molar-refractivity contribution < 1.29 is 23.1 Å². The van der Waals surface area contributed by atoms with Crippen molar-refractivity contribution in [2.24, 2.45) is 0 Å². The maximum absolute atomic E-state index is 12.8. The first-order chi connectivity index (χ1) is 11.9. The van der Waals surface area contributed by atoms with Crippen LogP contribution in [-0.2, 0) is 10.0 Å². The van der Waals surface area contributed by atoms with E-state index in [1.165, 1.54) is 37.6 Å². The number of methoxy groups -OCH3 is 1. The van der Waals surface area contributed by atoms with Gasteiger partial charge in [-0.2, -0.15) is 0 Å². The largest absolute Gasteiger partial charge is 0.497 e. The van der Waals surface area contributed by atoms with Crippen LogP contribution in [0.3, 0.4) is 0 Å². The highest BCUT2D eigenvalue weighted by atomic mass is 32.2. The number of rotatable bonds is 5. The molecule has 25 heavy (non-hydrogen) atoms. The second-order valence-electron chi connectivity index (χ2n) is 5.15. The number of carboxylic acids is 1. The number of para-hydroxylation sites is 1. The van der Waals surface area contributed by atoms with Crippen molar-refractivity contribution in [3.63, 3.8) is 0 Å². The predicted octanol–water partition coefficient (Wildman–Crippen LogP) is 2.74. The van der Waals surface area contributed by atoms with E-state index in [1.54, 1.807) is 24.3 Å². The van der Waals surface area contributed by atoms with Crippen molar-refractivity contribution in [3.05, 3.63) is 60.3 Å². The van der Waals surface area contributed by atoms with Gasteiger partial charge in [0.15, 0.2) is 0 Å². The van der Waals surface area contributed by atoms with Crippen LogP contribution in [0.1, 0.15) is 10.4 Å². The van der Waals surface area contributed by atoms with Crippen LogP contribution >= 0.6 is 0 Å². The maximum Gasteiger partial charge on any atom is 0.337 e. The summed E-state index contributed by atoms with van der Waals surface area (Å²) >= 11 is 0. The summed E-state index contributed by atoms with van der Waals surface area (Å²) in [7, 11) is -2.64. The molecule has 0 bridgehead atoms. The molecule has 0 radical (unpaired) electrons. The Morgan fingerprint density at radius 1 is 1.16 bits per heavy atom. The van der Waals surface area contributed by atoms with Crippen LogP contribution in [-0.4, -0.2) is 31.6 Å². The van der Waals surface area contributed by atoms with Gasteiger partial charge in [-0.05, 0) is 30.3 Å². The standard InChI is InChI=1S/C17H14N2O5S/c1-24-12-7-8-14(13(10-12)17(20)21)19-25(22,23)15-6-2-4-11-5-3-9-18-16(11)15/h2-10,19H,1H3,(H,20,21). The van der Waals surface area contributed by atoms with Gasteiger partial charge in [-0.15, -0.1) is 0 Å². The van der Waals surface area contributed by atoms with Crippen molar-refractivity contribution in [2.75, 3.05) is 11.8 Å².